The molecule has 3 N–H and O–H groups in total. The molecule has 1 aliphatic rings. The molecule has 10 nitrogen and oxygen atoms in total. The number of aliphatic imine (C=N–C) groups is 1. The number of fused-ring (bicyclic) bond motifs is 1. The number of rotatable bonds is 9. The van der Waals surface area contributed by atoms with Crippen molar-refractivity contribution < 1.29 is 19.0 Å². The van der Waals surface area contributed by atoms with Crippen molar-refractivity contribution in [2.45, 2.75) is 13.0 Å². The van der Waals surface area contributed by atoms with Crippen LogP contribution in [0.25, 0.3) is 10.9 Å². The van der Waals surface area contributed by atoms with E-state index < -0.39 is 0 Å². The number of halogens is 1. The van der Waals surface area contributed by atoms with Gasteiger partial charge in [0.2, 0.25) is 5.91 Å². The highest BCUT2D eigenvalue weighted by Gasteiger charge is 2.31. The van der Waals surface area contributed by atoms with Crippen molar-refractivity contribution >= 4 is 51.4 Å². The first-order chi connectivity index (χ1) is 19.3. The van der Waals surface area contributed by atoms with Crippen LogP contribution >= 0.6 is 11.6 Å². The topological polar surface area (TPSA) is 124 Å². The molecule has 1 aliphatic heterocycles. The molecule has 5 rings (SSSR count). The minimum Gasteiger partial charge on any atom is -0.493 e. The second kappa shape index (κ2) is 11.5. The van der Waals surface area contributed by atoms with E-state index in [9.17, 15) is 4.79 Å². The van der Waals surface area contributed by atoms with Crippen LogP contribution in [0, 0.1) is 0 Å². The minimum atomic E-state index is -0.156. The number of likely N-dealkylation sites (tertiary alicyclic amines) is 1. The Morgan fingerprint density at radius 3 is 2.58 bits per heavy atom. The number of amides is 1. The normalized spacial score (nSPS) is 13.5. The number of nitrogens with two attached hydrogens (primary N) is 1. The van der Waals surface area contributed by atoms with E-state index >= 15 is 0 Å². The fraction of sp³-hybridized carbons (Fsp3) is 0.172. The first-order valence-electron chi connectivity index (χ1n) is 12.4. The van der Waals surface area contributed by atoms with E-state index in [0.717, 1.165) is 11.1 Å². The predicted octanol–water partition coefficient (Wildman–Crippen LogP) is 5.61. The molecule has 0 saturated carbocycles. The first-order valence-corrected chi connectivity index (χ1v) is 12.8. The largest absolute Gasteiger partial charge is 0.493 e. The second-order valence-electron chi connectivity index (χ2n) is 9.05. The number of methoxy groups -OCH3 is 1. The van der Waals surface area contributed by atoms with E-state index in [0.29, 0.717) is 64.0 Å². The standard InChI is InChI=1S/C29H27ClN6O4/c1-4-28(37)36-14-21(15-36)40-27-12-22-24(13-26(27)38-3)32-16-33-29(22)35-19-7-10-25(23(30)11-19)39-20-8-5-18(6-9-20)34-17(2)31/h4-13,16,21H,1,14-15H2,2-3H3,(H2,31,34)(H,32,33,35). The number of nitrogens with one attached hydrogen (secondary N) is 1. The summed E-state index contributed by atoms with van der Waals surface area (Å²) in [5, 5.41) is 4.44. The highest BCUT2D eigenvalue weighted by atomic mass is 35.5. The number of carbonyl (C=O) groups is 1. The Hall–Kier alpha value is -4.83. The molecule has 4 aromatic rings. The maximum Gasteiger partial charge on any atom is 0.246 e. The zero-order valence-electron chi connectivity index (χ0n) is 21.9. The molecule has 40 heavy (non-hydrogen) atoms. The summed E-state index contributed by atoms with van der Waals surface area (Å²) in [6, 6.07) is 16.2. The lowest BCUT2D eigenvalue weighted by Crippen LogP contribution is -2.55. The average Bonchev–Trinajstić information content (AvgIpc) is 2.92. The zero-order valence-corrected chi connectivity index (χ0v) is 22.7. The molecule has 0 radical (unpaired) electrons. The molecule has 3 aromatic carbocycles. The molecule has 1 saturated heterocycles. The Morgan fingerprint density at radius 1 is 1.12 bits per heavy atom. The highest BCUT2D eigenvalue weighted by molar-refractivity contribution is 6.32. The molecule has 11 heteroatoms. The lowest BCUT2D eigenvalue weighted by atomic mass is 10.1. The number of nitrogens with zero attached hydrogens (tertiary/aromatic N) is 4. The van der Waals surface area contributed by atoms with Crippen LogP contribution < -0.4 is 25.3 Å². The third-order valence-corrected chi connectivity index (χ3v) is 6.41. The molecular formula is C29H27ClN6O4. The molecule has 0 spiro atoms. The van der Waals surface area contributed by atoms with Gasteiger partial charge in [0.1, 0.15) is 29.7 Å². The summed E-state index contributed by atoms with van der Waals surface area (Å²) in [6.45, 7) is 6.20. The SMILES string of the molecule is C=CC(=O)N1CC(Oc2cc3c(Nc4ccc(Oc5ccc(N=C(C)N)cc5)c(Cl)c4)ncnc3cc2OC)C1. The summed E-state index contributed by atoms with van der Waals surface area (Å²) in [5.41, 5.74) is 7.74. The van der Waals surface area contributed by atoms with Crippen LogP contribution in [-0.2, 0) is 4.79 Å². The molecule has 0 bridgehead atoms. The summed E-state index contributed by atoms with van der Waals surface area (Å²) in [6.07, 6.45) is 2.61. The van der Waals surface area contributed by atoms with Gasteiger partial charge in [-0.25, -0.2) is 15.0 Å². The van der Waals surface area contributed by atoms with E-state index in [1.807, 2.05) is 24.3 Å². The summed E-state index contributed by atoms with van der Waals surface area (Å²) < 4.78 is 17.6. The summed E-state index contributed by atoms with van der Waals surface area (Å²) in [5.74, 6) is 3.10. The van der Waals surface area contributed by atoms with E-state index in [-0.39, 0.29) is 12.0 Å². The van der Waals surface area contributed by atoms with Gasteiger partial charge in [0.05, 0.1) is 42.3 Å². The van der Waals surface area contributed by atoms with Crippen LogP contribution in [-0.4, -0.2) is 52.9 Å². The fourth-order valence-corrected chi connectivity index (χ4v) is 4.35. The predicted molar refractivity (Wildman–Crippen MR) is 155 cm³/mol. The zero-order chi connectivity index (χ0) is 28.2. The maximum atomic E-state index is 11.8. The fourth-order valence-electron chi connectivity index (χ4n) is 4.13. The number of amidine groups is 1. The van der Waals surface area contributed by atoms with Gasteiger partial charge in [-0.2, -0.15) is 0 Å². The summed E-state index contributed by atoms with van der Waals surface area (Å²) in [4.78, 5) is 26.4. The van der Waals surface area contributed by atoms with Gasteiger partial charge in [-0.1, -0.05) is 18.2 Å². The van der Waals surface area contributed by atoms with Crippen molar-refractivity contribution in [3.05, 3.63) is 78.6 Å². The first kappa shape index (κ1) is 26.8. The van der Waals surface area contributed by atoms with Crippen molar-refractivity contribution in [1.29, 1.82) is 0 Å². The van der Waals surface area contributed by atoms with E-state index in [1.54, 1.807) is 49.3 Å². The Balaban J connectivity index is 1.34. The van der Waals surface area contributed by atoms with Crippen LogP contribution in [0.1, 0.15) is 6.92 Å². The van der Waals surface area contributed by atoms with Crippen molar-refractivity contribution in [3.63, 3.8) is 0 Å². The molecule has 204 valence electrons. The lowest BCUT2D eigenvalue weighted by Gasteiger charge is -2.38. The van der Waals surface area contributed by atoms with Crippen LogP contribution in [0.2, 0.25) is 5.02 Å². The van der Waals surface area contributed by atoms with Gasteiger partial charge in [0.15, 0.2) is 11.5 Å². The third-order valence-electron chi connectivity index (χ3n) is 6.11. The summed E-state index contributed by atoms with van der Waals surface area (Å²) >= 11 is 6.55. The van der Waals surface area contributed by atoms with Crippen molar-refractivity contribution in [2.24, 2.45) is 10.7 Å². The molecule has 0 aliphatic carbocycles. The number of hydrogen-bond acceptors (Lipinski definition) is 8. The van der Waals surface area contributed by atoms with Gasteiger partial charge in [-0.15, -0.1) is 0 Å². The van der Waals surface area contributed by atoms with Crippen LogP contribution in [0.3, 0.4) is 0 Å². The van der Waals surface area contributed by atoms with Gasteiger partial charge >= 0.3 is 0 Å². The average molecular weight is 559 g/mol. The van der Waals surface area contributed by atoms with Crippen LogP contribution in [0.5, 0.6) is 23.0 Å². The lowest BCUT2D eigenvalue weighted by molar-refractivity contribution is -0.134. The smallest absolute Gasteiger partial charge is 0.246 e. The Kier molecular flexibility index (Phi) is 7.70. The molecular weight excluding hydrogens is 532 g/mol. The van der Waals surface area contributed by atoms with E-state index in [4.69, 9.17) is 31.5 Å². The number of carbonyl (C=O) groups excluding carboxylic acids is 1. The molecule has 1 aromatic heterocycles. The number of anilines is 2. The minimum absolute atomic E-state index is 0.120. The number of benzene rings is 3. The van der Waals surface area contributed by atoms with E-state index in [2.05, 4.69) is 26.9 Å². The van der Waals surface area contributed by atoms with Crippen molar-refractivity contribution in [2.75, 3.05) is 25.5 Å². The Labute approximate surface area is 236 Å². The van der Waals surface area contributed by atoms with Crippen molar-refractivity contribution in [1.82, 2.24) is 14.9 Å². The summed E-state index contributed by atoms with van der Waals surface area (Å²) in [7, 11) is 1.57. The van der Waals surface area contributed by atoms with E-state index in [1.165, 1.54) is 12.4 Å². The number of aromatic nitrogens is 2. The van der Waals surface area contributed by atoms with Crippen molar-refractivity contribution in [3.8, 4) is 23.0 Å². The Bertz CT molecular complexity index is 1600. The van der Waals surface area contributed by atoms with Gasteiger partial charge in [0, 0.05) is 17.1 Å². The second-order valence-corrected chi connectivity index (χ2v) is 9.46. The van der Waals surface area contributed by atoms with Crippen LogP contribution in [0.4, 0.5) is 17.2 Å². The molecule has 1 amide bonds. The highest BCUT2D eigenvalue weighted by Crippen LogP contribution is 2.37. The van der Waals surface area contributed by atoms with Gasteiger partial charge in [0.25, 0.3) is 0 Å². The van der Waals surface area contributed by atoms with Crippen LogP contribution in [0.15, 0.2) is 78.6 Å². The Morgan fingerprint density at radius 2 is 1.90 bits per heavy atom. The third kappa shape index (κ3) is 5.92. The number of hydrogen-bond donors (Lipinski definition) is 2. The molecule has 1 fully saturated rings. The molecule has 0 atom stereocenters. The quantitative estimate of drug-likeness (QED) is 0.154. The molecule has 2 heterocycles. The molecule has 0 unspecified atom stereocenters. The van der Waals surface area contributed by atoms with Gasteiger partial charge < -0.3 is 30.2 Å². The number of ether oxygens (including phenoxy) is 3. The maximum absolute atomic E-state index is 11.8. The monoisotopic (exact) mass is 558 g/mol. The van der Waals surface area contributed by atoms with Gasteiger partial charge in [-0.3, -0.25) is 4.79 Å². The van der Waals surface area contributed by atoms with Gasteiger partial charge in [-0.05, 0) is 61.5 Å².